The minimum atomic E-state index is 1.10. The third-order valence-corrected chi connectivity index (χ3v) is 9.24. The highest BCUT2D eigenvalue weighted by atomic mass is 32.1. The van der Waals surface area contributed by atoms with Gasteiger partial charge in [-0.1, -0.05) is 24.3 Å². The van der Waals surface area contributed by atoms with Gasteiger partial charge in [0.2, 0.25) is 0 Å². The predicted molar refractivity (Wildman–Crippen MR) is 126 cm³/mol. The van der Waals surface area contributed by atoms with Crippen LogP contribution in [0.4, 0.5) is 0 Å². The molecule has 0 unspecified atom stereocenters. The summed E-state index contributed by atoms with van der Waals surface area (Å²) >= 11 is 7.29. The maximum atomic E-state index is 4.55. The van der Waals surface area contributed by atoms with E-state index in [9.17, 15) is 0 Å². The fraction of sp³-hybridized carbons (Fsp3) is 0.0909. The molecule has 4 heterocycles. The van der Waals surface area contributed by atoms with Crippen LogP contribution in [0.15, 0.2) is 48.8 Å². The van der Waals surface area contributed by atoms with Gasteiger partial charge in [0, 0.05) is 53.4 Å². The first-order valence-corrected chi connectivity index (χ1v) is 12.2. The maximum Gasteiger partial charge on any atom is 0.123 e. The Labute approximate surface area is 177 Å². The number of thiophene rings is 2. The van der Waals surface area contributed by atoms with Gasteiger partial charge in [-0.15, -0.1) is 45.3 Å². The van der Waals surface area contributed by atoms with Gasteiger partial charge in [-0.25, -0.2) is 9.97 Å². The van der Waals surface area contributed by atoms with Gasteiger partial charge in [0.15, 0.2) is 0 Å². The summed E-state index contributed by atoms with van der Waals surface area (Å²) in [6, 6.07) is 13.5. The molecule has 0 fully saturated rings. The monoisotopic (exact) mass is 434 g/mol. The largest absolute Gasteiger partial charge is 0.244 e. The molecule has 6 heteroatoms. The average molecular weight is 435 g/mol. The molecule has 4 aromatic heterocycles. The van der Waals surface area contributed by atoms with E-state index in [1.807, 2.05) is 35.1 Å². The number of aromatic nitrogens is 2. The first-order chi connectivity index (χ1) is 13.7. The van der Waals surface area contributed by atoms with Crippen molar-refractivity contribution in [2.45, 2.75) is 13.8 Å². The van der Waals surface area contributed by atoms with E-state index >= 15 is 0 Å². The summed E-state index contributed by atoms with van der Waals surface area (Å²) in [5.41, 5.74) is 2.43. The molecule has 0 spiro atoms. The normalized spacial score (nSPS) is 11.9. The fourth-order valence-corrected chi connectivity index (χ4v) is 7.75. The Morgan fingerprint density at radius 2 is 1.07 bits per heavy atom. The molecule has 6 rings (SSSR count). The smallest absolute Gasteiger partial charge is 0.123 e. The molecule has 0 aliphatic heterocycles. The molecule has 0 saturated carbocycles. The zero-order valence-corrected chi connectivity index (χ0v) is 18.4. The van der Waals surface area contributed by atoms with Crippen LogP contribution in [0.1, 0.15) is 9.75 Å². The second-order valence-electron chi connectivity index (χ2n) is 6.84. The molecule has 0 bridgehead atoms. The van der Waals surface area contributed by atoms with E-state index in [0.717, 1.165) is 10.0 Å². The number of rotatable bonds is 2. The van der Waals surface area contributed by atoms with Gasteiger partial charge in [0.25, 0.3) is 0 Å². The molecule has 136 valence electrons. The van der Waals surface area contributed by atoms with Crippen LogP contribution in [-0.2, 0) is 0 Å². The van der Waals surface area contributed by atoms with Crippen LogP contribution in [0.3, 0.4) is 0 Å². The van der Waals surface area contributed by atoms with Crippen LogP contribution < -0.4 is 0 Å². The topological polar surface area (TPSA) is 25.8 Å². The van der Waals surface area contributed by atoms with Crippen molar-refractivity contribution in [3.05, 3.63) is 58.5 Å². The molecule has 0 aliphatic rings. The highest BCUT2D eigenvalue weighted by molar-refractivity contribution is 7.36. The van der Waals surface area contributed by atoms with Gasteiger partial charge in [-0.05, 0) is 26.0 Å². The lowest BCUT2D eigenvalue weighted by atomic mass is 10.1. The number of hydrogen-bond donors (Lipinski definition) is 0. The summed E-state index contributed by atoms with van der Waals surface area (Å²) in [7, 11) is 0. The Hall–Kier alpha value is -2.12. The number of thiazole rings is 2. The van der Waals surface area contributed by atoms with Crippen LogP contribution >= 0.6 is 45.3 Å². The molecular weight excluding hydrogens is 421 g/mol. The summed E-state index contributed by atoms with van der Waals surface area (Å²) in [5.74, 6) is 0. The molecule has 2 nitrogen and oxygen atoms in total. The van der Waals surface area contributed by atoms with Crippen LogP contribution in [0, 0.1) is 13.8 Å². The number of aryl methyl sites for hydroxylation is 2. The molecule has 0 N–H and O–H groups in total. The first kappa shape index (κ1) is 16.8. The van der Waals surface area contributed by atoms with E-state index in [1.165, 1.54) is 50.5 Å². The van der Waals surface area contributed by atoms with E-state index in [-0.39, 0.29) is 0 Å². The minimum absolute atomic E-state index is 1.10. The van der Waals surface area contributed by atoms with Crippen molar-refractivity contribution < 1.29 is 0 Å². The van der Waals surface area contributed by atoms with Gasteiger partial charge in [-0.3, -0.25) is 0 Å². The van der Waals surface area contributed by atoms with E-state index in [2.05, 4.69) is 60.2 Å². The van der Waals surface area contributed by atoms with Gasteiger partial charge in [-0.2, -0.15) is 0 Å². The van der Waals surface area contributed by atoms with Crippen LogP contribution in [0.25, 0.3) is 50.7 Å². The van der Waals surface area contributed by atoms with E-state index in [0.29, 0.717) is 0 Å². The van der Waals surface area contributed by atoms with Crippen molar-refractivity contribution in [1.82, 2.24) is 9.97 Å². The Balaban J connectivity index is 1.52. The second-order valence-corrected chi connectivity index (χ2v) is 11.4. The number of nitrogens with zero attached hydrogens (tertiary/aromatic N) is 2. The highest BCUT2D eigenvalue weighted by Crippen LogP contribution is 2.46. The highest BCUT2D eigenvalue weighted by Gasteiger charge is 2.14. The fourth-order valence-electron chi connectivity index (χ4n) is 3.50. The van der Waals surface area contributed by atoms with Crippen molar-refractivity contribution in [3.8, 4) is 21.1 Å². The summed E-state index contributed by atoms with van der Waals surface area (Å²) in [4.78, 5) is 11.6. The van der Waals surface area contributed by atoms with Crippen LogP contribution in [0.5, 0.6) is 0 Å². The predicted octanol–water partition coefficient (Wildman–Crippen LogP) is 8.13. The van der Waals surface area contributed by atoms with Crippen molar-refractivity contribution in [2.24, 2.45) is 0 Å². The first-order valence-electron chi connectivity index (χ1n) is 8.90. The molecule has 28 heavy (non-hydrogen) atoms. The number of fused-ring (bicyclic) bond motifs is 5. The van der Waals surface area contributed by atoms with Gasteiger partial charge in [0.05, 0.1) is 9.40 Å². The third kappa shape index (κ3) is 2.56. The molecule has 0 atom stereocenters. The SMILES string of the molecule is Cc1cnc(-c2ccc3c(c2)sc2c4ccc(-c5ncc(C)s5)cc4sc32)s1. The van der Waals surface area contributed by atoms with E-state index in [4.69, 9.17) is 0 Å². The van der Waals surface area contributed by atoms with Crippen LogP contribution in [0.2, 0.25) is 0 Å². The van der Waals surface area contributed by atoms with Crippen molar-refractivity contribution >= 4 is 74.9 Å². The Morgan fingerprint density at radius 3 is 1.46 bits per heavy atom. The lowest BCUT2D eigenvalue weighted by Crippen LogP contribution is -1.74. The number of hydrogen-bond acceptors (Lipinski definition) is 6. The Kier molecular flexibility index (Phi) is 3.71. The average Bonchev–Trinajstić information content (AvgIpc) is 3.44. The van der Waals surface area contributed by atoms with Gasteiger partial charge in [0.1, 0.15) is 10.0 Å². The van der Waals surface area contributed by atoms with E-state index in [1.54, 1.807) is 22.7 Å². The Morgan fingerprint density at radius 1 is 0.607 bits per heavy atom. The molecule has 2 aromatic carbocycles. The summed E-state index contributed by atoms with van der Waals surface area (Å²) in [6.07, 6.45) is 3.90. The lowest BCUT2D eigenvalue weighted by molar-refractivity contribution is 1.38. The van der Waals surface area contributed by atoms with Gasteiger partial charge < -0.3 is 0 Å². The summed E-state index contributed by atoms with van der Waals surface area (Å²) < 4.78 is 5.47. The maximum absolute atomic E-state index is 4.55. The minimum Gasteiger partial charge on any atom is -0.244 e. The van der Waals surface area contributed by atoms with Crippen molar-refractivity contribution in [3.63, 3.8) is 0 Å². The summed E-state index contributed by atoms with van der Waals surface area (Å²) in [6.45, 7) is 4.21. The van der Waals surface area contributed by atoms with Crippen molar-refractivity contribution in [1.29, 1.82) is 0 Å². The molecular formula is C22H14N2S4. The third-order valence-electron chi connectivity index (χ3n) is 4.82. The molecule has 6 aromatic rings. The zero-order chi connectivity index (χ0) is 18.8. The zero-order valence-electron chi connectivity index (χ0n) is 15.1. The molecule has 0 radical (unpaired) electrons. The lowest BCUT2D eigenvalue weighted by Gasteiger charge is -1.98. The quantitative estimate of drug-likeness (QED) is 0.275. The van der Waals surface area contributed by atoms with Gasteiger partial charge >= 0.3 is 0 Å². The molecule has 0 saturated heterocycles. The standard InChI is InChI=1S/C22H14N2S4/c1-11-9-23-21(25-11)13-3-5-15-17(7-13)27-20-16-6-4-14(8-18(16)28-19(15)20)22-24-10-12(2)26-22/h3-10H,1-2H3. The van der Waals surface area contributed by atoms with Crippen molar-refractivity contribution in [2.75, 3.05) is 0 Å². The van der Waals surface area contributed by atoms with Crippen LogP contribution in [-0.4, -0.2) is 9.97 Å². The Bertz CT molecular complexity index is 1380. The summed E-state index contributed by atoms with van der Waals surface area (Å²) in [5, 5.41) is 4.91. The molecule has 0 aliphatic carbocycles. The number of benzene rings is 2. The van der Waals surface area contributed by atoms with E-state index < -0.39 is 0 Å². The molecule has 0 amide bonds. The second kappa shape index (κ2) is 6.19.